The summed E-state index contributed by atoms with van der Waals surface area (Å²) in [7, 11) is 0. The Hall–Kier alpha value is -2.03. The normalized spacial score (nSPS) is 18.3. The van der Waals surface area contributed by atoms with Crippen molar-refractivity contribution >= 4 is 12.0 Å². The highest BCUT2D eigenvalue weighted by atomic mass is 19.4. The summed E-state index contributed by atoms with van der Waals surface area (Å²) in [6.45, 7) is 1.90. The van der Waals surface area contributed by atoms with Crippen molar-refractivity contribution in [2.24, 2.45) is 5.92 Å². The van der Waals surface area contributed by atoms with Crippen molar-refractivity contribution in [3.63, 3.8) is 0 Å². The zero-order valence-electron chi connectivity index (χ0n) is 12.3. The Morgan fingerprint density at radius 3 is 2.29 bits per heavy atom. The van der Waals surface area contributed by atoms with E-state index in [9.17, 15) is 26.3 Å². The minimum absolute atomic E-state index is 0.435. The van der Waals surface area contributed by atoms with Gasteiger partial charge in [-0.2, -0.15) is 26.3 Å². The van der Waals surface area contributed by atoms with Crippen LogP contribution in [0.25, 0.3) is 6.08 Å². The molecule has 0 aliphatic carbocycles. The minimum atomic E-state index is -5.08. The fraction of sp³-hybridized carbons (Fsp3) is 0.400. The van der Waals surface area contributed by atoms with Gasteiger partial charge in [0.05, 0.1) is 5.56 Å². The highest BCUT2D eigenvalue weighted by molar-refractivity contribution is 5.73. The van der Waals surface area contributed by atoms with E-state index in [1.807, 2.05) is 6.08 Å². The lowest BCUT2D eigenvalue weighted by atomic mass is 10.1. The molecule has 0 saturated carbocycles. The standard InChI is InChI=1S/C13H14F3N.C2HF3O2/c14-13(15,16)12-3-1-2-10(8-12)4-5-11-6-7-17-9-11;3-2(4,5)1(6)7/h1-5,8,11,17H,6-7,9H2;(H,6,7). The first kappa shape index (κ1) is 20.0. The molecule has 1 heterocycles. The molecule has 134 valence electrons. The van der Waals surface area contributed by atoms with Gasteiger partial charge in [-0.1, -0.05) is 24.3 Å². The molecule has 2 rings (SSSR count). The zero-order chi connectivity index (χ0) is 18.4. The first-order valence-corrected chi connectivity index (χ1v) is 6.86. The molecule has 1 aliphatic heterocycles. The summed E-state index contributed by atoms with van der Waals surface area (Å²) in [4.78, 5) is 8.90. The summed E-state index contributed by atoms with van der Waals surface area (Å²) in [5.41, 5.74) is 0.0101. The Kier molecular flexibility index (Phi) is 6.82. The van der Waals surface area contributed by atoms with Crippen LogP contribution >= 0.6 is 0 Å². The highest BCUT2D eigenvalue weighted by Crippen LogP contribution is 2.29. The molecule has 1 aromatic carbocycles. The molecule has 9 heteroatoms. The van der Waals surface area contributed by atoms with Gasteiger partial charge in [-0.3, -0.25) is 0 Å². The van der Waals surface area contributed by atoms with Crippen molar-refractivity contribution in [2.75, 3.05) is 13.1 Å². The van der Waals surface area contributed by atoms with Crippen LogP contribution in [-0.4, -0.2) is 30.3 Å². The SMILES string of the molecule is FC(F)(F)c1cccc(C=CC2CCNC2)c1.O=C(O)C(F)(F)F. The lowest BCUT2D eigenvalue weighted by Gasteiger charge is -2.07. The molecule has 1 saturated heterocycles. The third-order valence-electron chi connectivity index (χ3n) is 3.12. The lowest BCUT2D eigenvalue weighted by Crippen LogP contribution is -2.21. The molecule has 0 spiro atoms. The predicted molar refractivity (Wildman–Crippen MR) is 75.1 cm³/mol. The van der Waals surface area contributed by atoms with Crippen molar-refractivity contribution in [3.05, 3.63) is 41.5 Å². The van der Waals surface area contributed by atoms with Crippen molar-refractivity contribution in [1.29, 1.82) is 0 Å². The van der Waals surface area contributed by atoms with E-state index in [-0.39, 0.29) is 0 Å². The molecule has 1 aliphatic rings. The second kappa shape index (κ2) is 8.18. The maximum atomic E-state index is 12.5. The molecule has 24 heavy (non-hydrogen) atoms. The summed E-state index contributed by atoms with van der Waals surface area (Å²) in [6, 6.07) is 5.40. The largest absolute Gasteiger partial charge is 0.490 e. The summed E-state index contributed by atoms with van der Waals surface area (Å²) >= 11 is 0. The Labute approximate surface area is 134 Å². The summed E-state index contributed by atoms with van der Waals surface area (Å²) in [6.07, 6.45) is -4.55. The highest BCUT2D eigenvalue weighted by Gasteiger charge is 2.38. The minimum Gasteiger partial charge on any atom is -0.475 e. The van der Waals surface area contributed by atoms with E-state index >= 15 is 0 Å². The average molecular weight is 355 g/mol. The first-order chi connectivity index (χ1) is 11.0. The fourth-order valence-electron chi connectivity index (χ4n) is 1.91. The molecular weight excluding hydrogens is 340 g/mol. The molecule has 2 N–H and O–H groups in total. The molecule has 0 bridgehead atoms. The van der Waals surface area contributed by atoms with Crippen molar-refractivity contribution in [3.8, 4) is 0 Å². The molecular formula is C15H15F6NO2. The smallest absolute Gasteiger partial charge is 0.475 e. The number of hydrogen-bond donors (Lipinski definition) is 2. The third-order valence-corrected chi connectivity index (χ3v) is 3.12. The van der Waals surface area contributed by atoms with Gasteiger partial charge in [-0.05, 0) is 36.6 Å². The molecule has 0 radical (unpaired) electrons. The number of carbonyl (C=O) groups is 1. The van der Waals surface area contributed by atoms with Gasteiger partial charge in [-0.25, -0.2) is 4.79 Å². The second-order valence-corrected chi connectivity index (χ2v) is 5.04. The number of halogens is 6. The predicted octanol–water partition coefficient (Wildman–Crippen LogP) is 3.96. The van der Waals surface area contributed by atoms with Gasteiger partial charge in [0.1, 0.15) is 0 Å². The maximum absolute atomic E-state index is 12.5. The van der Waals surface area contributed by atoms with E-state index in [0.717, 1.165) is 25.6 Å². The Balaban J connectivity index is 0.000000351. The number of rotatable bonds is 2. The van der Waals surface area contributed by atoms with Crippen LogP contribution in [0.4, 0.5) is 26.3 Å². The van der Waals surface area contributed by atoms with Crippen LogP contribution in [-0.2, 0) is 11.0 Å². The molecule has 0 amide bonds. The van der Waals surface area contributed by atoms with Gasteiger partial charge in [0.2, 0.25) is 0 Å². The van der Waals surface area contributed by atoms with Crippen molar-refractivity contribution < 1.29 is 36.2 Å². The molecule has 1 aromatic rings. The van der Waals surface area contributed by atoms with E-state index in [2.05, 4.69) is 5.32 Å². The Morgan fingerprint density at radius 2 is 1.83 bits per heavy atom. The van der Waals surface area contributed by atoms with Gasteiger partial charge in [0.15, 0.2) is 0 Å². The summed E-state index contributed by atoms with van der Waals surface area (Å²) < 4.78 is 69.2. The van der Waals surface area contributed by atoms with E-state index < -0.39 is 23.9 Å². The van der Waals surface area contributed by atoms with Crippen molar-refractivity contribution in [1.82, 2.24) is 5.32 Å². The average Bonchev–Trinajstić information content (AvgIpc) is 2.97. The maximum Gasteiger partial charge on any atom is 0.490 e. The monoisotopic (exact) mass is 355 g/mol. The zero-order valence-corrected chi connectivity index (χ0v) is 12.3. The topological polar surface area (TPSA) is 49.3 Å². The summed E-state index contributed by atoms with van der Waals surface area (Å²) in [5.74, 6) is -2.32. The van der Waals surface area contributed by atoms with Crippen molar-refractivity contribution in [2.45, 2.75) is 18.8 Å². The van der Waals surface area contributed by atoms with Gasteiger partial charge >= 0.3 is 18.3 Å². The van der Waals surface area contributed by atoms with Crippen LogP contribution in [0.2, 0.25) is 0 Å². The molecule has 1 atom stereocenters. The Bertz CT molecular complexity index is 574. The number of carboxylic acid groups (broad SMARTS) is 1. The number of carboxylic acids is 1. The van der Waals surface area contributed by atoms with E-state index in [1.165, 1.54) is 12.1 Å². The number of aliphatic carboxylic acids is 1. The van der Waals surface area contributed by atoms with Gasteiger partial charge in [0, 0.05) is 6.54 Å². The summed E-state index contributed by atoms with van der Waals surface area (Å²) in [5, 5.41) is 10.3. The van der Waals surface area contributed by atoms with Gasteiger partial charge in [0.25, 0.3) is 0 Å². The molecule has 1 fully saturated rings. The lowest BCUT2D eigenvalue weighted by molar-refractivity contribution is -0.192. The second-order valence-electron chi connectivity index (χ2n) is 5.04. The number of nitrogens with one attached hydrogen (secondary N) is 1. The van der Waals surface area contributed by atoms with Gasteiger partial charge < -0.3 is 10.4 Å². The van der Waals surface area contributed by atoms with Gasteiger partial charge in [-0.15, -0.1) is 0 Å². The fourth-order valence-corrected chi connectivity index (χ4v) is 1.91. The van der Waals surface area contributed by atoms with Crippen LogP contribution in [0.15, 0.2) is 30.3 Å². The quantitative estimate of drug-likeness (QED) is 0.790. The van der Waals surface area contributed by atoms with Crippen LogP contribution in [0.1, 0.15) is 17.5 Å². The number of hydrogen-bond acceptors (Lipinski definition) is 2. The molecule has 3 nitrogen and oxygen atoms in total. The first-order valence-electron chi connectivity index (χ1n) is 6.86. The van der Waals surface area contributed by atoms with Crippen LogP contribution in [0.5, 0.6) is 0 Å². The third kappa shape index (κ3) is 7.03. The molecule has 0 aromatic heterocycles. The number of alkyl halides is 6. The van der Waals surface area contributed by atoms with Crippen LogP contribution < -0.4 is 5.32 Å². The Morgan fingerprint density at radius 1 is 1.21 bits per heavy atom. The van der Waals surface area contributed by atoms with E-state index in [4.69, 9.17) is 9.90 Å². The van der Waals surface area contributed by atoms with Crippen LogP contribution in [0, 0.1) is 5.92 Å². The van der Waals surface area contributed by atoms with Crippen LogP contribution in [0.3, 0.4) is 0 Å². The molecule has 1 unspecified atom stereocenters. The van der Waals surface area contributed by atoms with E-state index in [0.29, 0.717) is 11.5 Å². The van der Waals surface area contributed by atoms with E-state index in [1.54, 1.807) is 12.1 Å². The number of benzene rings is 1.